The second-order valence-electron chi connectivity index (χ2n) is 3.92. The van der Waals surface area contributed by atoms with Crippen LogP contribution in [0.3, 0.4) is 0 Å². The lowest BCUT2D eigenvalue weighted by Gasteiger charge is -2.15. The third-order valence-electron chi connectivity index (χ3n) is 2.99. The predicted molar refractivity (Wildman–Crippen MR) is 63.5 cm³/mol. The van der Waals surface area contributed by atoms with Gasteiger partial charge in [0.1, 0.15) is 5.75 Å². The molecule has 1 heterocycles. The van der Waals surface area contributed by atoms with E-state index in [-0.39, 0.29) is 6.61 Å². The van der Waals surface area contributed by atoms with Crippen molar-refractivity contribution in [3.63, 3.8) is 0 Å². The van der Waals surface area contributed by atoms with Gasteiger partial charge in [-0.1, -0.05) is 0 Å². The van der Waals surface area contributed by atoms with Crippen molar-refractivity contribution >= 4 is 11.8 Å². The van der Waals surface area contributed by atoms with E-state index in [0.717, 1.165) is 11.1 Å². The summed E-state index contributed by atoms with van der Waals surface area (Å²) in [6.07, 6.45) is -1.65. The van der Waals surface area contributed by atoms with Crippen molar-refractivity contribution in [3.8, 4) is 5.75 Å². The number of ether oxygens (including phenoxy) is 3. The zero-order chi connectivity index (χ0) is 13.3. The second kappa shape index (κ2) is 4.83. The molecule has 1 amide bonds. The monoisotopic (exact) mass is 253 g/mol. The van der Waals surface area contributed by atoms with Gasteiger partial charge in [-0.15, -0.1) is 0 Å². The minimum absolute atomic E-state index is 0.287. The summed E-state index contributed by atoms with van der Waals surface area (Å²) in [5.41, 5.74) is 2.70. The van der Waals surface area contributed by atoms with E-state index in [0.29, 0.717) is 17.0 Å². The van der Waals surface area contributed by atoms with E-state index in [9.17, 15) is 9.90 Å². The van der Waals surface area contributed by atoms with Crippen molar-refractivity contribution < 1.29 is 24.1 Å². The molecule has 0 aromatic heterocycles. The number of amides is 1. The van der Waals surface area contributed by atoms with Crippen LogP contribution in [0.15, 0.2) is 6.07 Å². The van der Waals surface area contributed by atoms with E-state index in [1.165, 1.54) is 7.11 Å². The van der Waals surface area contributed by atoms with Gasteiger partial charge >= 0.3 is 6.09 Å². The first-order valence-corrected chi connectivity index (χ1v) is 5.43. The normalized spacial score (nSPS) is 17.2. The average molecular weight is 253 g/mol. The highest BCUT2D eigenvalue weighted by Gasteiger charge is 2.28. The minimum Gasteiger partial charge on any atom is -0.496 e. The maximum Gasteiger partial charge on any atom is 0.411 e. The molecule has 18 heavy (non-hydrogen) atoms. The Morgan fingerprint density at radius 2 is 2.28 bits per heavy atom. The number of hydrogen-bond donors (Lipinski definition) is 2. The molecule has 1 aromatic carbocycles. The Morgan fingerprint density at radius 1 is 1.56 bits per heavy atom. The number of anilines is 1. The van der Waals surface area contributed by atoms with Crippen LogP contribution in [0.5, 0.6) is 5.75 Å². The molecule has 0 radical (unpaired) electrons. The molecule has 1 aromatic rings. The Bertz CT molecular complexity index is 486. The lowest BCUT2D eigenvalue weighted by Crippen LogP contribution is -2.14. The van der Waals surface area contributed by atoms with Gasteiger partial charge in [-0.25, -0.2) is 4.79 Å². The molecule has 2 N–H and O–H groups in total. The van der Waals surface area contributed by atoms with Crippen LogP contribution < -0.4 is 10.1 Å². The molecule has 1 unspecified atom stereocenters. The first-order valence-electron chi connectivity index (χ1n) is 5.43. The van der Waals surface area contributed by atoms with E-state index in [4.69, 9.17) is 9.47 Å². The highest BCUT2D eigenvalue weighted by atomic mass is 16.6. The minimum atomic E-state index is -1.04. The maximum atomic E-state index is 11.3. The maximum absolute atomic E-state index is 11.3. The van der Waals surface area contributed by atoms with Crippen LogP contribution in [0.25, 0.3) is 0 Å². The molecule has 1 aliphatic rings. The highest BCUT2D eigenvalue weighted by molar-refractivity contribution is 5.87. The summed E-state index contributed by atoms with van der Waals surface area (Å²) in [6, 6.07) is 1.64. The fourth-order valence-electron chi connectivity index (χ4n) is 2.02. The molecule has 98 valence electrons. The molecule has 0 saturated carbocycles. The van der Waals surface area contributed by atoms with Crippen molar-refractivity contribution in [2.24, 2.45) is 0 Å². The Morgan fingerprint density at radius 3 is 2.89 bits per heavy atom. The van der Waals surface area contributed by atoms with Gasteiger partial charge in [0.15, 0.2) is 6.29 Å². The number of fused-ring (bicyclic) bond motifs is 1. The zero-order valence-electron chi connectivity index (χ0n) is 10.4. The molecule has 0 fully saturated rings. The average Bonchev–Trinajstić information content (AvgIpc) is 2.75. The Balaban J connectivity index is 2.51. The molecular formula is C12H15NO5. The van der Waals surface area contributed by atoms with Gasteiger partial charge in [-0.2, -0.15) is 0 Å². The fraction of sp³-hybridized carbons (Fsp3) is 0.417. The first-order chi connectivity index (χ1) is 8.58. The fourth-order valence-corrected chi connectivity index (χ4v) is 2.02. The van der Waals surface area contributed by atoms with Gasteiger partial charge in [-0.05, 0) is 18.1 Å². The van der Waals surface area contributed by atoms with Crippen molar-refractivity contribution in [1.29, 1.82) is 0 Å². The van der Waals surface area contributed by atoms with Gasteiger partial charge in [-0.3, -0.25) is 5.32 Å². The van der Waals surface area contributed by atoms with Gasteiger partial charge in [0.2, 0.25) is 0 Å². The quantitative estimate of drug-likeness (QED) is 0.838. The summed E-state index contributed by atoms with van der Waals surface area (Å²) in [4.78, 5) is 11.3. The number of methoxy groups -OCH3 is 2. The number of benzene rings is 1. The number of carbonyl (C=O) groups excluding carboxylic acids is 1. The van der Waals surface area contributed by atoms with Gasteiger partial charge in [0.25, 0.3) is 0 Å². The molecule has 1 atom stereocenters. The van der Waals surface area contributed by atoms with E-state index < -0.39 is 12.4 Å². The smallest absolute Gasteiger partial charge is 0.411 e. The number of aliphatic hydroxyl groups is 1. The van der Waals surface area contributed by atoms with Crippen LogP contribution in [-0.4, -0.2) is 25.4 Å². The molecule has 0 bridgehead atoms. The second-order valence-corrected chi connectivity index (χ2v) is 3.92. The standard InChI is InChI=1S/C12H15NO5/c1-6-7-5-18-11(14)10(7)8(4-9(6)16-2)13-12(15)17-3/h4,11,14H,5H2,1-3H3,(H,13,15). The number of hydrogen-bond acceptors (Lipinski definition) is 5. The van der Waals surface area contributed by atoms with E-state index in [1.807, 2.05) is 6.92 Å². The lowest BCUT2D eigenvalue weighted by atomic mass is 10.0. The summed E-state index contributed by atoms with van der Waals surface area (Å²) < 4.78 is 14.9. The molecule has 6 nitrogen and oxygen atoms in total. The molecule has 0 aliphatic carbocycles. The number of nitrogens with one attached hydrogen (secondary N) is 1. The van der Waals surface area contributed by atoms with Crippen LogP contribution in [0.1, 0.15) is 23.0 Å². The zero-order valence-corrected chi connectivity index (χ0v) is 10.4. The van der Waals surface area contributed by atoms with Crippen LogP contribution >= 0.6 is 0 Å². The highest BCUT2D eigenvalue weighted by Crippen LogP contribution is 2.40. The first kappa shape index (κ1) is 12.7. The number of carbonyl (C=O) groups is 1. The lowest BCUT2D eigenvalue weighted by molar-refractivity contribution is -0.0915. The molecular weight excluding hydrogens is 238 g/mol. The van der Waals surface area contributed by atoms with Crippen molar-refractivity contribution in [2.45, 2.75) is 19.8 Å². The number of aliphatic hydroxyl groups excluding tert-OH is 1. The summed E-state index contributed by atoms with van der Waals surface area (Å²) in [5, 5.41) is 12.3. The summed E-state index contributed by atoms with van der Waals surface area (Å²) >= 11 is 0. The van der Waals surface area contributed by atoms with Crippen molar-refractivity contribution in [2.75, 3.05) is 19.5 Å². The molecule has 2 rings (SSSR count). The predicted octanol–water partition coefficient (Wildman–Crippen LogP) is 1.70. The van der Waals surface area contributed by atoms with Crippen molar-refractivity contribution in [3.05, 3.63) is 22.8 Å². The molecule has 0 saturated heterocycles. The van der Waals surface area contributed by atoms with E-state index >= 15 is 0 Å². The molecule has 1 aliphatic heterocycles. The topological polar surface area (TPSA) is 77.0 Å². The SMILES string of the molecule is COC(=O)Nc1cc(OC)c(C)c2c1C(O)OC2. The van der Waals surface area contributed by atoms with Crippen LogP contribution in [0.2, 0.25) is 0 Å². The summed E-state index contributed by atoms with van der Waals surface area (Å²) in [6.45, 7) is 2.16. The number of rotatable bonds is 2. The summed E-state index contributed by atoms with van der Waals surface area (Å²) in [7, 11) is 2.82. The van der Waals surface area contributed by atoms with E-state index in [2.05, 4.69) is 10.1 Å². The van der Waals surface area contributed by atoms with Gasteiger partial charge in [0, 0.05) is 11.6 Å². The van der Waals surface area contributed by atoms with Crippen LogP contribution in [0.4, 0.5) is 10.5 Å². The van der Waals surface area contributed by atoms with E-state index in [1.54, 1.807) is 13.2 Å². The molecule has 0 spiro atoms. The Labute approximate surface area is 104 Å². The Hall–Kier alpha value is -1.79. The Kier molecular flexibility index (Phi) is 3.40. The molecule has 6 heteroatoms. The van der Waals surface area contributed by atoms with Gasteiger partial charge in [0.05, 0.1) is 26.5 Å². The largest absolute Gasteiger partial charge is 0.496 e. The summed E-state index contributed by atoms with van der Waals surface area (Å²) in [5.74, 6) is 0.623. The van der Waals surface area contributed by atoms with Crippen molar-refractivity contribution in [1.82, 2.24) is 0 Å². The third-order valence-corrected chi connectivity index (χ3v) is 2.99. The third kappa shape index (κ3) is 2.00. The van der Waals surface area contributed by atoms with Crippen LogP contribution in [-0.2, 0) is 16.1 Å². The van der Waals surface area contributed by atoms with Gasteiger partial charge < -0.3 is 19.3 Å². The van der Waals surface area contributed by atoms with Crippen LogP contribution in [0, 0.1) is 6.92 Å².